The number of imide groups is 1. The quantitative estimate of drug-likeness (QED) is 0.853. The maximum absolute atomic E-state index is 11.7. The van der Waals surface area contributed by atoms with Crippen LogP contribution in [0.25, 0.3) is 10.4 Å². The van der Waals surface area contributed by atoms with E-state index in [4.69, 9.17) is 5.73 Å². The molecule has 1 aromatic heterocycles. The average molecular weight is 258 g/mol. The van der Waals surface area contributed by atoms with Crippen LogP contribution in [-0.2, 0) is 11.2 Å². The molecule has 0 aliphatic carbocycles. The molecule has 0 bridgehead atoms. The second-order valence-electron chi connectivity index (χ2n) is 4.06. The van der Waals surface area contributed by atoms with Crippen molar-refractivity contribution in [3.8, 4) is 10.4 Å². The van der Waals surface area contributed by atoms with Gasteiger partial charge in [0.1, 0.15) is 0 Å². The van der Waals surface area contributed by atoms with E-state index in [1.54, 1.807) is 17.4 Å². The number of amides is 3. The van der Waals surface area contributed by atoms with Crippen molar-refractivity contribution in [2.75, 3.05) is 4.90 Å². The predicted molar refractivity (Wildman–Crippen MR) is 70.5 cm³/mol. The molecule has 0 radical (unpaired) electrons. The first-order valence-electron chi connectivity index (χ1n) is 5.46. The Hall–Kier alpha value is -2.14. The highest BCUT2D eigenvalue weighted by atomic mass is 32.1. The van der Waals surface area contributed by atoms with Crippen LogP contribution in [0.3, 0.4) is 0 Å². The molecule has 1 aliphatic heterocycles. The van der Waals surface area contributed by atoms with Crippen molar-refractivity contribution < 1.29 is 9.59 Å². The van der Waals surface area contributed by atoms with Gasteiger partial charge in [0.2, 0.25) is 5.91 Å². The van der Waals surface area contributed by atoms with Gasteiger partial charge in [-0.05, 0) is 34.7 Å². The lowest BCUT2D eigenvalue weighted by Crippen LogP contribution is -2.38. The number of fused-ring (bicyclic) bond motifs is 1. The molecule has 1 aliphatic rings. The fourth-order valence-corrected chi connectivity index (χ4v) is 2.88. The Morgan fingerprint density at radius 2 is 2.17 bits per heavy atom. The lowest BCUT2D eigenvalue weighted by Gasteiger charge is -2.12. The number of nitrogens with zero attached hydrogens (tertiary/aromatic N) is 1. The summed E-state index contributed by atoms with van der Waals surface area (Å²) in [7, 11) is 0. The highest BCUT2D eigenvalue weighted by Crippen LogP contribution is 2.34. The molecule has 0 unspecified atom stereocenters. The molecule has 18 heavy (non-hydrogen) atoms. The molecule has 90 valence electrons. The van der Waals surface area contributed by atoms with Crippen molar-refractivity contribution in [3.05, 3.63) is 41.3 Å². The van der Waals surface area contributed by atoms with Gasteiger partial charge < -0.3 is 5.73 Å². The van der Waals surface area contributed by atoms with Gasteiger partial charge in [0, 0.05) is 4.88 Å². The first-order valence-corrected chi connectivity index (χ1v) is 6.34. The van der Waals surface area contributed by atoms with E-state index in [-0.39, 0.29) is 12.3 Å². The number of nitrogens with two attached hydrogens (primary N) is 1. The number of thiophene rings is 1. The van der Waals surface area contributed by atoms with Crippen molar-refractivity contribution in [2.45, 2.75) is 6.42 Å². The highest BCUT2D eigenvalue weighted by Gasteiger charge is 2.31. The summed E-state index contributed by atoms with van der Waals surface area (Å²) >= 11 is 1.64. The maximum Gasteiger partial charge on any atom is 0.326 e. The topological polar surface area (TPSA) is 63.4 Å². The number of carbonyl (C=O) groups excluding carboxylic acids is 2. The van der Waals surface area contributed by atoms with Gasteiger partial charge in [0.05, 0.1) is 12.1 Å². The molecule has 0 fully saturated rings. The average Bonchev–Trinajstić information content (AvgIpc) is 2.92. The van der Waals surface area contributed by atoms with Crippen LogP contribution in [0, 0.1) is 0 Å². The van der Waals surface area contributed by atoms with Gasteiger partial charge in [-0.25, -0.2) is 9.69 Å². The third kappa shape index (κ3) is 1.60. The molecule has 3 amide bonds. The van der Waals surface area contributed by atoms with Gasteiger partial charge in [-0.2, -0.15) is 0 Å². The Balaban J connectivity index is 2.07. The summed E-state index contributed by atoms with van der Waals surface area (Å²) in [6, 6.07) is 8.91. The number of benzene rings is 1. The third-order valence-corrected chi connectivity index (χ3v) is 3.86. The third-order valence-electron chi connectivity index (χ3n) is 2.94. The van der Waals surface area contributed by atoms with Crippen LogP contribution in [0.15, 0.2) is 35.7 Å². The Morgan fingerprint density at radius 1 is 1.33 bits per heavy atom. The zero-order valence-electron chi connectivity index (χ0n) is 9.42. The Labute approximate surface area is 108 Å². The van der Waals surface area contributed by atoms with Gasteiger partial charge in [-0.15, -0.1) is 11.3 Å². The van der Waals surface area contributed by atoms with E-state index in [0.29, 0.717) is 5.69 Å². The molecule has 1 aromatic carbocycles. The summed E-state index contributed by atoms with van der Waals surface area (Å²) in [6.45, 7) is 0. The van der Waals surface area contributed by atoms with Crippen LogP contribution < -0.4 is 10.6 Å². The maximum atomic E-state index is 11.7. The van der Waals surface area contributed by atoms with Gasteiger partial charge in [-0.3, -0.25) is 4.79 Å². The number of hydrogen-bond acceptors (Lipinski definition) is 3. The van der Waals surface area contributed by atoms with E-state index >= 15 is 0 Å². The zero-order valence-corrected chi connectivity index (χ0v) is 10.2. The van der Waals surface area contributed by atoms with Crippen LogP contribution >= 0.6 is 11.3 Å². The van der Waals surface area contributed by atoms with E-state index < -0.39 is 6.03 Å². The molecule has 3 rings (SSSR count). The van der Waals surface area contributed by atoms with Crippen molar-refractivity contribution in [3.63, 3.8) is 0 Å². The summed E-state index contributed by atoms with van der Waals surface area (Å²) in [5, 5.41) is 2.00. The minimum atomic E-state index is -0.720. The van der Waals surface area contributed by atoms with Crippen molar-refractivity contribution in [1.82, 2.24) is 0 Å². The molecule has 0 saturated heterocycles. The van der Waals surface area contributed by atoms with Crippen molar-refractivity contribution >= 4 is 29.0 Å². The fraction of sp³-hybridized carbons (Fsp3) is 0.0769. The lowest BCUT2D eigenvalue weighted by atomic mass is 10.1. The summed E-state index contributed by atoms with van der Waals surface area (Å²) in [5.74, 6) is -0.263. The number of urea groups is 1. The van der Waals surface area contributed by atoms with Crippen LogP contribution in [0.5, 0.6) is 0 Å². The summed E-state index contributed by atoms with van der Waals surface area (Å²) in [6.07, 6.45) is 0.234. The first-order chi connectivity index (χ1) is 8.66. The number of carbonyl (C=O) groups is 2. The Bertz CT molecular complexity index is 634. The summed E-state index contributed by atoms with van der Waals surface area (Å²) in [4.78, 5) is 25.1. The normalized spacial score (nSPS) is 13.8. The van der Waals surface area contributed by atoms with Crippen LogP contribution in [0.4, 0.5) is 10.5 Å². The van der Waals surface area contributed by atoms with Crippen LogP contribution in [-0.4, -0.2) is 11.9 Å². The first kappa shape index (κ1) is 11.0. The van der Waals surface area contributed by atoms with E-state index in [1.165, 1.54) is 0 Å². The highest BCUT2D eigenvalue weighted by molar-refractivity contribution is 7.13. The molecule has 0 atom stereocenters. The van der Waals surface area contributed by atoms with E-state index in [9.17, 15) is 9.59 Å². The van der Waals surface area contributed by atoms with Gasteiger partial charge in [0.25, 0.3) is 0 Å². The van der Waals surface area contributed by atoms with Gasteiger partial charge in [-0.1, -0.05) is 12.1 Å². The summed E-state index contributed by atoms with van der Waals surface area (Å²) in [5.41, 5.74) is 7.72. The zero-order chi connectivity index (χ0) is 12.7. The van der Waals surface area contributed by atoms with Gasteiger partial charge in [0.15, 0.2) is 0 Å². The SMILES string of the molecule is NC(=O)N1C(=O)Cc2cc(-c3cccs3)ccc21. The molecule has 0 spiro atoms. The largest absolute Gasteiger partial charge is 0.351 e. The molecule has 5 heteroatoms. The Kier molecular flexibility index (Phi) is 2.41. The predicted octanol–water partition coefficient (Wildman–Crippen LogP) is 2.38. The van der Waals surface area contributed by atoms with Crippen molar-refractivity contribution in [2.24, 2.45) is 5.73 Å². The fourth-order valence-electron chi connectivity index (χ4n) is 2.16. The van der Waals surface area contributed by atoms with Gasteiger partial charge >= 0.3 is 6.03 Å². The molecular formula is C13H10N2O2S. The lowest BCUT2D eigenvalue weighted by molar-refractivity contribution is -0.116. The molecule has 0 saturated carbocycles. The van der Waals surface area contributed by atoms with Crippen LogP contribution in [0.2, 0.25) is 0 Å². The van der Waals surface area contributed by atoms with E-state index in [1.807, 2.05) is 29.6 Å². The molecule has 2 heterocycles. The number of hydrogen-bond donors (Lipinski definition) is 1. The smallest absolute Gasteiger partial charge is 0.326 e. The second-order valence-corrected chi connectivity index (χ2v) is 5.01. The number of primary amides is 1. The molecular weight excluding hydrogens is 248 g/mol. The van der Waals surface area contributed by atoms with Crippen LogP contribution in [0.1, 0.15) is 5.56 Å². The monoisotopic (exact) mass is 258 g/mol. The van der Waals surface area contributed by atoms with E-state index in [0.717, 1.165) is 20.9 Å². The summed E-state index contributed by atoms with van der Waals surface area (Å²) < 4.78 is 0. The van der Waals surface area contributed by atoms with E-state index in [2.05, 4.69) is 0 Å². The molecule has 2 N–H and O–H groups in total. The standard InChI is InChI=1S/C13H10N2O2S/c14-13(17)15-10-4-3-8(11-2-1-5-18-11)6-9(10)7-12(15)16/h1-6H,7H2,(H2,14,17). The molecule has 2 aromatic rings. The minimum Gasteiger partial charge on any atom is -0.351 e. The second kappa shape index (κ2) is 3.96. The minimum absolute atomic E-state index is 0.234. The number of rotatable bonds is 1. The van der Waals surface area contributed by atoms with Crippen molar-refractivity contribution in [1.29, 1.82) is 0 Å². The number of anilines is 1. The molecule has 4 nitrogen and oxygen atoms in total. The Morgan fingerprint density at radius 3 is 2.83 bits per heavy atom.